The summed E-state index contributed by atoms with van der Waals surface area (Å²) in [5.41, 5.74) is 9.80. The molecular formula is C95H119N17O19S. The number of fused-ring (bicyclic) bond motifs is 2. The molecule has 8 aromatic rings. The number of para-hydroxylation sites is 2. The quantitative estimate of drug-likeness (QED) is 0.0438. The third-order valence-electron chi connectivity index (χ3n) is 22.9. The Bertz CT molecular complexity index is 5400. The first-order chi connectivity index (χ1) is 62.9. The number of nitrogens with two attached hydrogens (primary N) is 1. The number of rotatable bonds is 23. The molecule has 1 aliphatic heterocycles. The van der Waals surface area contributed by atoms with E-state index in [0.29, 0.717) is 68.0 Å². The fourth-order valence-corrected chi connectivity index (χ4v) is 16.5. The molecule has 0 aliphatic carbocycles. The normalized spacial score (nSPS) is 21.7. The molecule has 37 heteroatoms. The zero-order valence-corrected chi connectivity index (χ0v) is 76.4. The Hall–Kier alpha value is -14.1. The first-order valence-electron chi connectivity index (χ1n) is 43.7. The van der Waals surface area contributed by atoms with E-state index in [-0.39, 0.29) is 68.8 Å². The van der Waals surface area contributed by atoms with Crippen LogP contribution in [0.15, 0.2) is 170 Å². The monoisotopic (exact) mass is 1830 g/mol. The third-order valence-corrected chi connectivity index (χ3v) is 23.9. The van der Waals surface area contributed by atoms with Gasteiger partial charge in [0.25, 0.3) is 0 Å². The maximum Gasteiger partial charge on any atom is 0.305 e. The Morgan fingerprint density at radius 1 is 0.447 bits per heavy atom. The Morgan fingerprint density at radius 2 is 0.886 bits per heavy atom. The molecule has 16 N–H and O–H groups in total. The van der Waals surface area contributed by atoms with Gasteiger partial charge < -0.3 is 103 Å². The fraction of sp³-hybridized carbons (Fsp3) is 0.411. The van der Waals surface area contributed by atoms with Gasteiger partial charge in [0.15, 0.2) is 0 Å². The van der Waals surface area contributed by atoms with Gasteiger partial charge in [-0.3, -0.25) is 76.7 Å². The Labute approximate surface area is 769 Å². The van der Waals surface area contributed by atoms with Gasteiger partial charge in [0.1, 0.15) is 78.0 Å². The summed E-state index contributed by atoms with van der Waals surface area (Å²) in [5.74, 6) is -17.5. The molecule has 0 saturated carbocycles. The Balaban J connectivity index is 1.12. The van der Waals surface area contributed by atoms with Crippen LogP contribution in [0.2, 0.25) is 0 Å². The first kappa shape index (κ1) is 102. The zero-order chi connectivity index (χ0) is 96.2. The molecule has 704 valence electrons. The lowest BCUT2D eigenvalue weighted by molar-refractivity contribution is -0.151. The van der Waals surface area contributed by atoms with Crippen molar-refractivity contribution < 1.29 is 92.0 Å². The number of primary amides is 1. The lowest BCUT2D eigenvalue weighted by atomic mass is 9.98. The highest BCUT2D eigenvalue weighted by Crippen LogP contribution is 2.27. The molecule has 6 aromatic carbocycles. The summed E-state index contributed by atoms with van der Waals surface area (Å²) in [4.78, 5) is 248. The largest absolute Gasteiger partial charge is 0.508 e. The molecule has 0 radical (unpaired) electrons. The number of phenols is 2. The highest BCUT2D eigenvalue weighted by molar-refractivity contribution is 8.00. The predicted octanol–water partition coefficient (Wildman–Crippen LogP) is 2.81. The molecule has 36 nitrogen and oxygen atoms in total. The number of amides is 15. The molecular weight excluding hydrogens is 1720 g/mol. The average Bonchev–Trinajstić information content (AvgIpc) is 1.28. The second-order valence-corrected chi connectivity index (χ2v) is 35.0. The number of carbonyl (C=O) groups is 16. The number of unbranched alkanes of at least 4 members (excludes halogenated alkanes) is 1. The van der Waals surface area contributed by atoms with Crippen molar-refractivity contribution in [1.82, 2.24) is 82.3 Å². The Morgan fingerprint density at radius 3 is 1.42 bits per heavy atom. The van der Waals surface area contributed by atoms with Gasteiger partial charge in [-0.25, -0.2) is 0 Å². The molecule has 1 saturated heterocycles. The van der Waals surface area contributed by atoms with Gasteiger partial charge in [0.05, 0.1) is 31.8 Å². The molecule has 132 heavy (non-hydrogen) atoms. The number of carboxylic acids is 1. The highest BCUT2D eigenvalue weighted by atomic mass is 32.2. The number of hydrogen-bond donors (Lipinski definition) is 15. The SMILES string of the molecule is CCCC[C@H]1C(=O)N(C)CC(=O)N[C@@H](CC(=O)O)C(=O)N[C@@H](C(C)C)C(=O)N(C)C(Cc2ccccc2)C(=O)N[C@@H](Cc2ccc(O)cc2)C(=O)N(C)CC(=O)N[C@@H](Cc2c[nH]c3ccccc23)C(=O)N[C@@H](Cc2ccc(O)cc2)C(=O)N[C@@H](CC(C)C)C(=O)N[C@H](C(=O)NCC(N)=O)CSCC(=O)N[C@@H](Cc2ccccc2)C(=O)N(C)[C@@H](Cc2c[nH]c3ccccc23)C(=O)N1C. The van der Waals surface area contributed by atoms with Crippen LogP contribution < -0.4 is 53.6 Å². The number of thioether (sulfide) groups is 1. The molecule has 0 spiro atoms. The Kier molecular flexibility index (Phi) is 37.3. The number of nitrogens with one attached hydrogen (secondary N) is 11. The summed E-state index contributed by atoms with van der Waals surface area (Å²) in [6, 6.07) is 25.7. The summed E-state index contributed by atoms with van der Waals surface area (Å²) >= 11 is 0.828. The van der Waals surface area contributed by atoms with Crippen molar-refractivity contribution in [3.63, 3.8) is 0 Å². The zero-order valence-electron chi connectivity index (χ0n) is 75.6. The number of carbonyl (C=O) groups excluding carboxylic acids is 15. The van der Waals surface area contributed by atoms with Crippen LogP contribution in [0, 0.1) is 11.8 Å². The van der Waals surface area contributed by atoms with Gasteiger partial charge in [-0.2, -0.15) is 0 Å². The lowest BCUT2D eigenvalue weighted by Crippen LogP contribution is -2.61. The number of benzene rings is 6. The van der Waals surface area contributed by atoms with Crippen LogP contribution in [-0.2, 0) is 115 Å². The highest BCUT2D eigenvalue weighted by Gasteiger charge is 2.43. The predicted molar refractivity (Wildman–Crippen MR) is 494 cm³/mol. The van der Waals surface area contributed by atoms with Crippen molar-refractivity contribution in [3.8, 4) is 11.5 Å². The van der Waals surface area contributed by atoms with Crippen molar-refractivity contribution in [2.24, 2.45) is 17.6 Å². The number of nitrogens with zero attached hydrogens (tertiary/aromatic N) is 5. The molecule has 0 bridgehead atoms. The molecule has 11 atom stereocenters. The molecule has 9 rings (SSSR count). The summed E-state index contributed by atoms with van der Waals surface area (Å²) in [5, 5.41) is 56.4. The van der Waals surface area contributed by atoms with E-state index >= 15 is 43.2 Å². The summed E-state index contributed by atoms with van der Waals surface area (Å²) in [6.07, 6.45) is 1.67. The van der Waals surface area contributed by atoms with E-state index in [4.69, 9.17) is 5.73 Å². The molecule has 15 amide bonds. The van der Waals surface area contributed by atoms with E-state index in [1.165, 1.54) is 93.6 Å². The molecule has 2 aromatic heterocycles. The second kappa shape index (κ2) is 48.5. The van der Waals surface area contributed by atoms with Gasteiger partial charge in [0, 0.05) is 114 Å². The summed E-state index contributed by atoms with van der Waals surface area (Å²) in [7, 11) is 6.55. The minimum absolute atomic E-state index is 0.0177. The van der Waals surface area contributed by atoms with E-state index in [2.05, 4.69) is 57.8 Å². The number of hydrogen-bond acceptors (Lipinski definition) is 19. The smallest absolute Gasteiger partial charge is 0.305 e. The van der Waals surface area contributed by atoms with Gasteiger partial charge in [0.2, 0.25) is 88.6 Å². The maximum atomic E-state index is 15.8. The van der Waals surface area contributed by atoms with Crippen LogP contribution in [0.4, 0.5) is 0 Å². The van der Waals surface area contributed by atoms with Crippen molar-refractivity contribution in [2.45, 2.75) is 172 Å². The molecule has 1 unspecified atom stereocenters. The number of carboxylic acid groups (broad SMARTS) is 1. The number of aliphatic carboxylic acids is 1. The molecule has 1 fully saturated rings. The average molecular weight is 1840 g/mol. The standard InChI is InChI=1S/C95H119N17O19S/c1-11-12-31-76-93(129)109(7)52-81(117)101-72(47-83(119)120)89(125)107-84(56(4)5)95(131)111(9)77(44-58-25-17-14-18-26-58)90(126)105-73(43-60-34-38-64(114)39-35-60)91(127)108(6)51-80(116)100-71(45-61-48-97-67-29-21-19-27-65(61)67)88(124)104-70(41-59-32-36-63(113)37-33-59)87(123)103-69(40-55(2)3)86(122)106-75(85(121)99-50-79(96)115)53-132-54-82(118)102-74(42-57-23-15-13-16-24-57)92(128)112(10)78(94(130)110(76)8)46-62-49-98-68-30-22-20-28-66(62)68/h13-30,32-39,48-49,55-56,69-78,84,97-98,113-114H,11-12,31,40-47,50-54H2,1-10H3,(H2,96,115)(H,99,121)(H,100,116)(H,101,117)(H,102,118)(H,103,123)(H,104,124)(H,105,126)(H,106,122)(H,107,125)(H,119,120)/t69-,70-,71-,72-,73-,74-,75-,76-,77?,78-,84-/m0/s1. The van der Waals surface area contributed by atoms with Crippen LogP contribution in [0.25, 0.3) is 21.8 Å². The third kappa shape index (κ3) is 29.2. The number of likely N-dealkylation sites (N-methyl/N-ethyl adjacent to an activating group) is 5. The molecule has 1 aliphatic rings. The van der Waals surface area contributed by atoms with Gasteiger partial charge in [-0.15, -0.1) is 11.8 Å². The number of aromatic amines is 2. The van der Waals surface area contributed by atoms with Crippen LogP contribution in [0.1, 0.15) is 100 Å². The van der Waals surface area contributed by atoms with E-state index in [0.717, 1.165) is 26.5 Å². The fourth-order valence-electron chi connectivity index (χ4n) is 15.6. The van der Waals surface area contributed by atoms with Crippen LogP contribution in [-0.4, -0.2) is 277 Å². The van der Waals surface area contributed by atoms with E-state index in [9.17, 15) is 48.9 Å². The van der Waals surface area contributed by atoms with Crippen LogP contribution in [0.3, 0.4) is 0 Å². The van der Waals surface area contributed by atoms with E-state index in [1.54, 1.807) is 137 Å². The van der Waals surface area contributed by atoms with E-state index < -0.39 is 205 Å². The van der Waals surface area contributed by atoms with E-state index in [1.807, 2.05) is 19.1 Å². The van der Waals surface area contributed by atoms with Crippen LogP contribution in [0.5, 0.6) is 11.5 Å². The van der Waals surface area contributed by atoms with Crippen molar-refractivity contribution >= 4 is 128 Å². The number of aromatic nitrogens is 2. The molecule has 3 heterocycles. The second-order valence-electron chi connectivity index (χ2n) is 33.9. The van der Waals surface area contributed by atoms with Gasteiger partial charge in [-0.1, -0.05) is 169 Å². The summed E-state index contributed by atoms with van der Waals surface area (Å²) in [6.45, 7) is 6.16. The van der Waals surface area contributed by atoms with Gasteiger partial charge in [-0.05, 0) is 94.5 Å². The van der Waals surface area contributed by atoms with Crippen molar-refractivity contribution in [2.75, 3.05) is 66.4 Å². The maximum absolute atomic E-state index is 15.8. The van der Waals surface area contributed by atoms with Gasteiger partial charge >= 0.3 is 5.97 Å². The van der Waals surface area contributed by atoms with Crippen LogP contribution >= 0.6 is 11.8 Å². The minimum Gasteiger partial charge on any atom is -0.508 e. The lowest BCUT2D eigenvalue weighted by Gasteiger charge is -2.37. The van der Waals surface area contributed by atoms with Crippen molar-refractivity contribution in [3.05, 3.63) is 203 Å². The number of phenolic OH excluding ortho intramolecular Hbond substituents is 2. The number of H-pyrrole nitrogens is 2. The van der Waals surface area contributed by atoms with Crippen molar-refractivity contribution in [1.29, 1.82) is 0 Å². The topological polar surface area (TPSA) is 516 Å². The number of aromatic hydroxyl groups is 2. The summed E-state index contributed by atoms with van der Waals surface area (Å²) < 4.78 is 0. The minimum atomic E-state index is -1.91. The first-order valence-corrected chi connectivity index (χ1v) is 44.8.